The lowest BCUT2D eigenvalue weighted by Crippen LogP contribution is -2.06. The molecule has 0 saturated carbocycles. The summed E-state index contributed by atoms with van der Waals surface area (Å²) in [4.78, 5) is 19.3. The number of nitrogens with two attached hydrogens (primary N) is 1. The summed E-state index contributed by atoms with van der Waals surface area (Å²) in [6.45, 7) is -0.146. The van der Waals surface area contributed by atoms with Crippen molar-refractivity contribution < 1.29 is 24.2 Å². The van der Waals surface area contributed by atoms with Gasteiger partial charge in [-0.15, -0.1) is 0 Å². The molecule has 0 spiro atoms. The standard InChI is InChI=1S/C19H21N5O6/c1-23-6-5-13-17(23)21-19(20)22-18(13)30-11-12-9-15(28-2)16(10-14(12)24(26)27)29-8-4-3-7-25/h3-6,9-10,25H,7-8,11H2,1-2H3,(H2,20,21,22)/b4-3+. The van der Waals surface area contributed by atoms with Crippen molar-refractivity contribution in [2.24, 2.45) is 7.05 Å². The third kappa shape index (κ3) is 4.41. The molecule has 3 rings (SSSR count). The number of hydrogen-bond acceptors (Lipinski definition) is 9. The van der Waals surface area contributed by atoms with Crippen LogP contribution in [0.3, 0.4) is 0 Å². The van der Waals surface area contributed by atoms with E-state index in [4.69, 9.17) is 25.1 Å². The lowest BCUT2D eigenvalue weighted by atomic mass is 10.1. The molecular weight excluding hydrogens is 394 g/mol. The van der Waals surface area contributed by atoms with E-state index < -0.39 is 4.92 Å². The molecule has 0 unspecified atom stereocenters. The molecular formula is C19H21N5O6. The van der Waals surface area contributed by atoms with E-state index in [0.29, 0.717) is 16.8 Å². The molecule has 0 atom stereocenters. The summed E-state index contributed by atoms with van der Waals surface area (Å²) in [5, 5.41) is 21.0. The predicted octanol–water partition coefficient (Wildman–Crippen LogP) is 1.97. The zero-order valence-corrected chi connectivity index (χ0v) is 16.4. The maximum absolute atomic E-state index is 11.6. The largest absolute Gasteiger partial charge is 0.493 e. The molecule has 3 aromatic rings. The fourth-order valence-corrected chi connectivity index (χ4v) is 2.81. The average molecular weight is 415 g/mol. The minimum absolute atomic E-state index is 0.0334. The highest BCUT2D eigenvalue weighted by Crippen LogP contribution is 2.35. The number of aromatic nitrogens is 3. The lowest BCUT2D eigenvalue weighted by molar-refractivity contribution is -0.385. The van der Waals surface area contributed by atoms with Crippen molar-refractivity contribution in [1.82, 2.24) is 14.5 Å². The summed E-state index contributed by atoms with van der Waals surface area (Å²) in [5.74, 6) is 0.767. The Bertz CT molecular complexity index is 1090. The summed E-state index contributed by atoms with van der Waals surface area (Å²) < 4.78 is 18.3. The van der Waals surface area contributed by atoms with Gasteiger partial charge in [-0.25, -0.2) is 0 Å². The highest BCUT2D eigenvalue weighted by Gasteiger charge is 2.21. The van der Waals surface area contributed by atoms with Gasteiger partial charge in [0.2, 0.25) is 11.8 Å². The fraction of sp³-hybridized carbons (Fsp3) is 0.263. The van der Waals surface area contributed by atoms with E-state index in [2.05, 4.69) is 9.97 Å². The molecule has 0 fully saturated rings. The van der Waals surface area contributed by atoms with Crippen LogP contribution in [0.5, 0.6) is 17.4 Å². The van der Waals surface area contributed by atoms with Gasteiger partial charge in [-0.2, -0.15) is 9.97 Å². The van der Waals surface area contributed by atoms with Crippen molar-refractivity contribution in [3.05, 3.63) is 52.2 Å². The van der Waals surface area contributed by atoms with Gasteiger partial charge in [0.05, 0.1) is 35.7 Å². The first-order valence-corrected chi connectivity index (χ1v) is 8.90. The minimum Gasteiger partial charge on any atom is -0.493 e. The van der Waals surface area contributed by atoms with Gasteiger partial charge in [0.25, 0.3) is 5.69 Å². The predicted molar refractivity (Wildman–Crippen MR) is 109 cm³/mol. The molecule has 0 bridgehead atoms. The Labute approximate surface area is 171 Å². The molecule has 0 aliphatic carbocycles. The van der Waals surface area contributed by atoms with Crippen LogP contribution in [0.2, 0.25) is 0 Å². The third-order valence-electron chi connectivity index (χ3n) is 4.24. The van der Waals surface area contributed by atoms with Crippen LogP contribution in [0.25, 0.3) is 11.0 Å². The van der Waals surface area contributed by atoms with Crippen molar-refractivity contribution in [2.75, 3.05) is 26.1 Å². The monoisotopic (exact) mass is 415 g/mol. The van der Waals surface area contributed by atoms with E-state index in [-0.39, 0.29) is 48.6 Å². The molecule has 11 nitrogen and oxygen atoms in total. The molecule has 0 aliphatic heterocycles. The first-order valence-electron chi connectivity index (χ1n) is 8.90. The Morgan fingerprint density at radius 3 is 2.77 bits per heavy atom. The number of benzene rings is 1. The molecule has 3 N–H and O–H groups in total. The molecule has 0 saturated heterocycles. The Morgan fingerprint density at radius 1 is 1.27 bits per heavy atom. The topological polar surface area (TPSA) is 148 Å². The number of ether oxygens (including phenoxy) is 3. The number of rotatable bonds is 9. The normalized spacial score (nSPS) is 11.2. The summed E-state index contributed by atoms with van der Waals surface area (Å²) >= 11 is 0. The molecule has 0 amide bonds. The van der Waals surface area contributed by atoms with E-state index in [1.54, 1.807) is 22.9 Å². The highest BCUT2D eigenvalue weighted by atomic mass is 16.6. The second-order valence-corrected chi connectivity index (χ2v) is 6.19. The number of anilines is 1. The zero-order valence-electron chi connectivity index (χ0n) is 16.4. The van der Waals surface area contributed by atoms with Crippen LogP contribution in [-0.4, -0.2) is 44.9 Å². The average Bonchev–Trinajstić information content (AvgIpc) is 3.09. The number of methoxy groups -OCH3 is 1. The number of aliphatic hydroxyl groups excluding tert-OH is 1. The second-order valence-electron chi connectivity index (χ2n) is 6.19. The smallest absolute Gasteiger partial charge is 0.280 e. The van der Waals surface area contributed by atoms with Crippen molar-refractivity contribution >= 4 is 22.7 Å². The molecule has 0 aliphatic rings. The molecule has 158 valence electrons. The number of nitro benzene ring substituents is 1. The van der Waals surface area contributed by atoms with Crippen molar-refractivity contribution in [3.8, 4) is 17.4 Å². The Hall–Kier alpha value is -3.86. The number of aryl methyl sites for hydroxylation is 1. The second kappa shape index (κ2) is 9.09. The van der Waals surface area contributed by atoms with Gasteiger partial charge in [0, 0.05) is 13.2 Å². The van der Waals surface area contributed by atoms with Gasteiger partial charge in [-0.3, -0.25) is 10.1 Å². The lowest BCUT2D eigenvalue weighted by Gasteiger charge is -2.13. The van der Waals surface area contributed by atoms with Gasteiger partial charge in [0.15, 0.2) is 11.5 Å². The van der Waals surface area contributed by atoms with E-state index in [1.165, 1.54) is 25.3 Å². The summed E-state index contributed by atoms with van der Waals surface area (Å²) in [6, 6.07) is 4.53. The molecule has 2 aromatic heterocycles. The van der Waals surface area contributed by atoms with Crippen LogP contribution in [0.1, 0.15) is 5.56 Å². The summed E-state index contributed by atoms with van der Waals surface area (Å²) in [6.07, 6.45) is 4.88. The number of fused-ring (bicyclic) bond motifs is 1. The van der Waals surface area contributed by atoms with Crippen molar-refractivity contribution in [1.29, 1.82) is 0 Å². The van der Waals surface area contributed by atoms with Gasteiger partial charge >= 0.3 is 0 Å². The first kappa shape index (κ1) is 20.9. The number of nitrogen functional groups attached to an aromatic ring is 1. The third-order valence-corrected chi connectivity index (χ3v) is 4.24. The summed E-state index contributed by atoms with van der Waals surface area (Å²) in [5.41, 5.74) is 6.42. The molecule has 0 radical (unpaired) electrons. The van der Waals surface area contributed by atoms with Crippen LogP contribution in [0.4, 0.5) is 11.6 Å². The first-order chi connectivity index (χ1) is 14.4. The Morgan fingerprint density at radius 2 is 2.07 bits per heavy atom. The summed E-state index contributed by atoms with van der Waals surface area (Å²) in [7, 11) is 3.24. The number of nitro groups is 1. The van der Waals surface area contributed by atoms with E-state index in [1.807, 2.05) is 7.05 Å². The van der Waals surface area contributed by atoms with Crippen LogP contribution >= 0.6 is 0 Å². The van der Waals surface area contributed by atoms with Crippen molar-refractivity contribution in [2.45, 2.75) is 6.61 Å². The van der Waals surface area contributed by atoms with E-state index in [0.717, 1.165) is 0 Å². The highest BCUT2D eigenvalue weighted by molar-refractivity contribution is 5.82. The van der Waals surface area contributed by atoms with Crippen molar-refractivity contribution in [3.63, 3.8) is 0 Å². The van der Waals surface area contributed by atoms with Gasteiger partial charge in [-0.1, -0.05) is 6.08 Å². The van der Waals surface area contributed by atoms with Gasteiger partial charge < -0.3 is 29.6 Å². The SMILES string of the molecule is COc1cc(COc2nc(N)nc3c2ccn3C)c([N+](=O)[O-])cc1OC/C=C/CO. The van der Waals surface area contributed by atoms with Crippen LogP contribution in [0, 0.1) is 10.1 Å². The van der Waals surface area contributed by atoms with E-state index in [9.17, 15) is 10.1 Å². The van der Waals surface area contributed by atoms with Crippen LogP contribution in [-0.2, 0) is 13.7 Å². The van der Waals surface area contributed by atoms with Crippen LogP contribution in [0.15, 0.2) is 36.5 Å². The van der Waals surface area contributed by atoms with E-state index >= 15 is 0 Å². The number of aliphatic hydroxyl groups is 1. The molecule has 1 aromatic carbocycles. The Kier molecular flexibility index (Phi) is 6.32. The molecule has 11 heteroatoms. The minimum atomic E-state index is -0.527. The molecule has 2 heterocycles. The molecule has 30 heavy (non-hydrogen) atoms. The maximum Gasteiger partial charge on any atom is 0.280 e. The zero-order chi connectivity index (χ0) is 21.7. The maximum atomic E-state index is 11.6. The number of nitrogens with zero attached hydrogens (tertiary/aromatic N) is 4. The van der Waals surface area contributed by atoms with Crippen LogP contribution < -0.4 is 19.9 Å². The van der Waals surface area contributed by atoms with Gasteiger partial charge in [0.1, 0.15) is 18.9 Å². The number of hydrogen-bond donors (Lipinski definition) is 2. The quantitative estimate of drug-likeness (QED) is 0.304. The fourth-order valence-electron chi connectivity index (χ4n) is 2.81. The van der Waals surface area contributed by atoms with Gasteiger partial charge in [-0.05, 0) is 18.2 Å². The Balaban J connectivity index is 1.90.